The number of nitro benzene ring substituents is 1. The Morgan fingerprint density at radius 1 is 1.57 bits per heavy atom. The van der Waals surface area contributed by atoms with Crippen LogP contribution in [0.2, 0.25) is 0 Å². The highest BCUT2D eigenvalue weighted by Gasteiger charge is 2.22. The summed E-state index contributed by atoms with van der Waals surface area (Å²) < 4.78 is 0. The molecule has 0 amide bonds. The third-order valence-corrected chi connectivity index (χ3v) is 2.60. The Labute approximate surface area is 82.1 Å². The molecule has 0 spiro atoms. The summed E-state index contributed by atoms with van der Waals surface area (Å²) in [6, 6.07) is 5.70. The molecule has 0 saturated heterocycles. The van der Waals surface area contributed by atoms with Gasteiger partial charge in [-0.2, -0.15) is 0 Å². The lowest BCUT2D eigenvalue weighted by molar-refractivity contribution is -0.385. The average molecular weight is 192 g/mol. The van der Waals surface area contributed by atoms with Gasteiger partial charge in [-0.3, -0.25) is 10.1 Å². The Kier molecular flexibility index (Phi) is 2.21. The maximum atomic E-state index is 10.7. The summed E-state index contributed by atoms with van der Waals surface area (Å²) in [7, 11) is 0. The summed E-state index contributed by atoms with van der Waals surface area (Å²) in [5.41, 5.74) is 2.18. The van der Waals surface area contributed by atoms with Gasteiger partial charge < -0.3 is 5.32 Å². The quantitative estimate of drug-likeness (QED) is 0.543. The summed E-state index contributed by atoms with van der Waals surface area (Å²) in [4.78, 5) is 10.4. The molecular formula is C10H12N2O2. The molecule has 0 saturated carbocycles. The second kappa shape index (κ2) is 3.38. The van der Waals surface area contributed by atoms with E-state index in [1.54, 1.807) is 12.1 Å². The van der Waals surface area contributed by atoms with Crippen molar-refractivity contribution in [1.29, 1.82) is 0 Å². The molecule has 1 atom stereocenters. The number of nitro groups is 1. The molecule has 2 rings (SSSR count). The molecule has 1 aromatic rings. The van der Waals surface area contributed by atoms with Gasteiger partial charge in [0.05, 0.1) is 4.92 Å². The molecule has 0 bridgehead atoms. The largest absolute Gasteiger partial charge is 0.310 e. The van der Waals surface area contributed by atoms with Gasteiger partial charge in [-0.05, 0) is 18.9 Å². The zero-order valence-corrected chi connectivity index (χ0v) is 7.99. The normalized spacial score (nSPS) is 20.2. The van der Waals surface area contributed by atoms with E-state index in [2.05, 4.69) is 12.2 Å². The van der Waals surface area contributed by atoms with Crippen molar-refractivity contribution >= 4 is 5.69 Å². The molecule has 4 heteroatoms. The standard InChI is InChI=1S/C10H12N2O2/c1-7-5-8-3-2-4-10(12(13)14)9(8)6-11-7/h2-4,7,11H,5-6H2,1H3. The van der Waals surface area contributed by atoms with Crippen LogP contribution in [0, 0.1) is 10.1 Å². The number of fused-ring (bicyclic) bond motifs is 1. The minimum absolute atomic E-state index is 0.238. The van der Waals surface area contributed by atoms with Crippen molar-refractivity contribution < 1.29 is 4.92 Å². The fourth-order valence-corrected chi connectivity index (χ4v) is 1.87. The number of nitrogens with one attached hydrogen (secondary N) is 1. The molecule has 0 radical (unpaired) electrons. The van der Waals surface area contributed by atoms with Gasteiger partial charge in [-0.15, -0.1) is 0 Å². The van der Waals surface area contributed by atoms with Crippen LogP contribution in [0.4, 0.5) is 5.69 Å². The van der Waals surface area contributed by atoms with E-state index in [-0.39, 0.29) is 10.6 Å². The van der Waals surface area contributed by atoms with Crippen molar-refractivity contribution in [1.82, 2.24) is 5.32 Å². The van der Waals surface area contributed by atoms with Gasteiger partial charge >= 0.3 is 0 Å². The first-order chi connectivity index (χ1) is 6.68. The second-order valence-electron chi connectivity index (χ2n) is 3.66. The number of benzene rings is 1. The van der Waals surface area contributed by atoms with Gasteiger partial charge in [0.2, 0.25) is 0 Å². The van der Waals surface area contributed by atoms with E-state index in [9.17, 15) is 10.1 Å². The van der Waals surface area contributed by atoms with Crippen LogP contribution in [0.5, 0.6) is 0 Å². The van der Waals surface area contributed by atoms with Gasteiger partial charge in [-0.1, -0.05) is 12.1 Å². The van der Waals surface area contributed by atoms with E-state index < -0.39 is 0 Å². The number of hydrogen-bond acceptors (Lipinski definition) is 3. The lowest BCUT2D eigenvalue weighted by atomic mass is 9.95. The van der Waals surface area contributed by atoms with Gasteiger partial charge in [0.25, 0.3) is 5.69 Å². The molecule has 1 N–H and O–H groups in total. The van der Waals surface area contributed by atoms with E-state index in [4.69, 9.17) is 0 Å². The minimum Gasteiger partial charge on any atom is -0.310 e. The average Bonchev–Trinajstić information content (AvgIpc) is 2.16. The number of nitrogens with zero attached hydrogens (tertiary/aromatic N) is 1. The first-order valence-electron chi connectivity index (χ1n) is 4.67. The van der Waals surface area contributed by atoms with Crippen LogP contribution in [-0.2, 0) is 13.0 Å². The van der Waals surface area contributed by atoms with Crippen molar-refractivity contribution in [3.8, 4) is 0 Å². The molecule has 74 valence electrons. The van der Waals surface area contributed by atoms with E-state index in [1.807, 2.05) is 6.07 Å². The first-order valence-corrected chi connectivity index (χ1v) is 4.67. The monoisotopic (exact) mass is 192 g/mol. The number of hydrogen-bond donors (Lipinski definition) is 1. The molecule has 0 aromatic heterocycles. The van der Waals surface area contributed by atoms with Crippen molar-refractivity contribution in [3.05, 3.63) is 39.4 Å². The molecule has 1 heterocycles. The summed E-state index contributed by atoms with van der Waals surface area (Å²) in [6.07, 6.45) is 0.872. The molecule has 0 aliphatic carbocycles. The zero-order chi connectivity index (χ0) is 10.1. The lowest BCUT2D eigenvalue weighted by Gasteiger charge is -2.22. The van der Waals surface area contributed by atoms with Gasteiger partial charge in [-0.25, -0.2) is 0 Å². The van der Waals surface area contributed by atoms with E-state index in [0.29, 0.717) is 12.6 Å². The topological polar surface area (TPSA) is 55.2 Å². The fourth-order valence-electron chi connectivity index (χ4n) is 1.87. The summed E-state index contributed by atoms with van der Waals surface area (Å²) in [5.74, 6) is 0. The van der Waals surface area contributed by atoms with Crippen LogP contribution >= 0.6 is 0 Å². The fraction of sp³-hybridized carbons (Fsp3) is 0.400. The highest BCUT2D eigenvalue weighted by Crippen LogP contribution is 2.25. The molecule has 14 heavy (non-hydrogen) atoms. The third-order valence-electron chi connectivity index (χ3n) is 2.60. The van der Waals surface area contributed by atoms with Crippen LogP contribution in [0.25, 0.3) is 0 Å². The third kappa shape index (κ3) is 1.48. The van der Waals surface area contributed by atoms with Gasteiger partial charge in [0.15, 0.2) is 0 Å². The molecule has 1 aliphatic heterocycles. The van der Waals surface area contributed by atoms with Crippen LogP contribution in [-0.4, -0.2) is 11.0 Å². The SMILES string of the molecule is CC1Cc2cccc([N+](=O)[O-])c2CN1. The Hall–Kier alpha value is -1.42. The Morgan fingerprint density at radius 3 is 3.07 bits per heavy atom. The first kappa shape index (κ1) is 9.15. The Balaban J connectivity index is 2.46. The van der Waals surface area contributed by atoms with E-state index in [1.165, 1.54) is 0 Å². The van der Waals surface area contributed by atoms with E-state index >= 15 is 0 Å². The minimum atomic E-state index is -0.309. The molecule has 1 aliphatic rings. The van der Waals surface area contributed by atoms with Crippen LogP contribution in [0.3, 0.4) is 0 Å². The predicted molar refractivity (Wildman–Crippen MR) is 53.1 cm³/mol. The molecular weight excluding hydrogens is 180 g/mol. The lowest BCUT2D eigenvalue weighted by Crippen LogP contribution is -2.33. The molecule has 1 aromatic carbocycles. The maximum Gasteiger partial charge on any atom is 0.274 e. The summed E-state index contributed by atoms with van der Waals surface area (Å²) >= 11 is 0. The van der Waals surface area contributed by atoms with Crippen molar-refractivity contribution in [2.45, 2.75) is 25.9 Å². The molecule has 4 nitrogen and oxygen atoms in total. The van der Waals surface area contributed by atoms with Gasteiger partial charge in [0, 0.05) is 24.2 Å². The van der Waals surface area contributed by atoms with Crippen LogP contribution in [0.15, 0.2) is 18.2 Å². The van der Waals surface area contributed by atoms with Crippen LogP contribution in [0.1, 0.15) is 18.1 Å². The summed E-state index contributed by atoms with van der Waals surface area (Å²) in [6.45, 7) is 2.69. The molecule has 0 fully saturated rings. The Bertz CT molecular complexity index is 376. The van der Waals surface area contributed by atoms with Crippen molar-refractivity contribution in [3.63, 3.8) is 0 Å². The van der Waals surface area contributed by atoms with Crippen molar-refractivity contribution in [2.75, 3.05) is 0 Å². The zero-order valence-electron chi connectivity index (χ0n) is 7.99. The smallest absolute Gasteiger partial charge is 0.274 e. The molecule has 1 unspecified atom stereocenters. The maximum absolute atomic E-state index is 10.7. The van der Waals surface area contributed by atoms with Crippen LogP contribution < -0.4 is 5.32 Å². The summed E-state index contributed by atoms with van der Waals surface area (Å²) in [5, 5.41) is 14.0. The predicted octanol–water partition coefficient (Wildman–Crippen LogP) is 1.63. The number of rotatable bonds is 1. The highest BCUT2D eigenvalue weighted by molar-refractivity contribution is 5.46. The van der Waals surface area contributed by atoms with Gasteiger partial charge in [0.1, 0.15) is 0 Å². The second-order valence-corrected chi connectivity index (χ2v) is 3.66. The van der Waals surface area contributed by atoms with E-state index in [0.717, 1.165) is 17.5 Å². The highest BCUT2D eigenvalue weighted by atomic mass is 16.6. The Morgan fingerprint density at radius 2 is 2.36 bits per heavy atom. The van der Waals surface area contributed by atoms with Crippen molar-refractivity contribution in [2.24, 2.45) is 0 Å².